The molecule has 38 heavy (non-hydrogen) atoms. The van der Waals surface area contributed by atoms with Gasteiger partial charge in [-0.2, -0.15) is 0 Å². The Morgan fingerprint density at radius 1 is 0.921 bits per heavy atom. The lowest BCUT2D eigenvalue weighted by molar-refractivity contribution is -0.121. The third-order valence-corrected chi connectivity index (χ3v) is 8.13. The van der Waals surface area contributed by atoms with Crippen molar-refractivity contribution in [1.82, 2.24) is 10.2 Å². The van der Waals surface area contributed by atoms with E-state index in [1.807, 2.05) is 24.3 Å². The Morgan fingerprint density at radius 2 is 1.74 bits per heavy atom. The first-order valence-electron chi connectivity index (χ1n) is 13.4. The van der Waals surface area contributed by atoms with E-state index in [-0.39, 0.29) is 23.6 Å². The number of phenols is 1. The molecule has 1 aliphatic carbocycles. The molecule has 0 radical (unpaired) electrons. The number of aromatic hydroxyl groups is 1. The van der Waals surface area contributed by atoms with E-state index in [1.165, 1.54) is 23.1 Å². The van der Waals surface area contributed by atoms with Crippen LogP contribution in [0.15, 0.2) is 48.5 Å². The fraction of sp³-hybridized carbons (Fsp3) is 0.387. The molecule has 0 unspecified atom stereocenters. The van der Waals surface area contributed by atoms with Crippen molar-refractivity contribution in [3.8, 4) is 28.7 Å². The zero-order valence-corrected chi connectivity index (χ0v) is 22.0. The molecule has 2 aliphatic heterocycles. The van der Waals surface area contributed by atoms with Crippen LogP contribution in [0.1, 0.15) is 46.6 Å². The highest BCUT2D eigenvalue weighted by Crippen LogP contribution is 2.41. The molecule has 7 nitrogen and oxygen atoms in total. The quantitative estimate of drug-likeness (QED) is 0.525. The number of nitrogens with one attached hydrogen (secondary N) is 1. The zero-order chi connectivity index (χ0) is 26.2. The van der Waals surface area contributed by atoms with Gasteiger partial charge in [-0.05, 0) is 78.3 Å². The minimum atomic E-state index is -0.0403. The van der Waals surface area contributed by atoms with Crippen molar-refractivity contribution in [1.29, 1.82) is 0 Å². The second-order valence-electron chi connectivity index (χ2n) is 10.6. The number of carbonyl (C=O) groups excluding carboxylic acids is 1. The van der Waals surface area contributed by atoms with Crippen molar-refractivity contribution in [3.63, 3.8) is 0 Å². The number of benzene rings is 3. The highest BCUT2D eigenvalue weighted by molar-refractivity contribution is 5.77. The van der Waals surface area contributed by atoms with Crippen molar-refractivity contribution in [2.75, 3.05) is 27.3 Å². The van der Waals surface area contributed by atoms with Crippen molar-refractivity contribution in [3.05, 3.63) is 76.3 Å². The fourth-order valence-electron chi connectivity index (χ4n) is 6.16. The monoisotopic (exact) mass is 514 g/mol. The van der Waals surface area contributed by atoms with Gasteiger partial charge in [0.1, 0.15) is 5.75 Å². The number of aryl methyl sites for hydroxylation is 3. The topological polar surface area (TPSA) is 80.3 Å². The standard InChI is InChI=1S/C31H34N2O5/c1-36-27-10-8-22-15-30(27)38-29-12-19(6-9-26(29)34)7-11-31(35)32-25-18-33(17-24(22)25)16-23-13-20-4-3-5-21(20)14-28(23)37-2/h6,8-10,12-15,24-25,34H,3-5,7,11,16-18H2,1-2H3,(H,32,35)/t24-,25+/m0/s1. The van der Waals surface area contributed by atoms with Gasteiger partial charge in [-0.25, -0.2) is 0 Å². The minimum absolute atomic E-state index is 0.0282. The number of fused-ring (bicyclic) bond motifs is 7. The first-order chi connectivity index (χ1) is 18.5. The lowest BCUT2D eigenvalue weighted by Gasteiger charge is -2.21. The second kappa shape index (κ2) is 10.2. The molecule has 7 heteroatoms. The summed E-state index contributed by atoms with van der Waals surface area (Å²) in [5.41, 5.74) is 6.01. The van der Waals surface area contributed by atoms with Crippen LogP contribution in [0.3, 0.4) is 0 Å². The SMILES string of the molecule is COc1cc2c(cc1CN1C[C@H]3NC(=O)CCc4ccc(O)c(c4)Oc4cc(ccc4OC)[C@@H]3C1)CCC2. The van der Waals surface area contributed by atoms with Crippen molar-refractivity contribution < 1.29 is 24.1 Å². The van der Waals surface area contributed by atoms with Gasteiger partial charge < -0.3 is 24.6 Å². The molecule has 0 spiro atoms. The largest absolute Gasteiger partial charge is 0.504 e. The van der Waals surface area contributed by atoms with Gasteiger partial charge in [0.2, 0.25) is 5.91 Å². The van der Waals surface area contributed by atoms with E-state index in [0.29, 0.717) is 30.1 Å². The third-order valence-electron chi connectivity index (χ3n) is 8.13. The molecule has 198 valence electrons. The Hall–Kier alpha value is -3.71. The van der Waals surface area contributed by atoms with Gasteiger partial charge in [-0.15, -0.1) is 0 Å². The Balaban J connectivity index is 1.33. The molecule has 4 bridgehead atoms. The van der Waals surface area contributed by atoms with Crippen LogP contribution in [0.4, 0.5) is 0 Å². The highest BCUT2D eigenvalue weighted by atomic mass is 16.5. The van der Waals surface area contributed by atoms with Crippen LogP contribution in [0.25, 0.3) is 0 Å². The smallest absolute Gasteiger partial charge is 0.220 e. The van der Waals surface area contributed by atoms with Crippen LogP contribution in [0.2, 0.25) is 0 Å². The Bertz CT molecular complexity index is 1370. The van der Waals surface area contributed by atoms with Crippen LogP contribution < -0.4 is 19.5 Å². The predicted molar refractivity (Wildman–Crippen MR) is 144 cm³/mol. The zero-order valence-electron chi connectivity index (χ0n) is 22.0. The van der Waals surface area contributed by atoms with Crippen molar-refractivity contribution in [2.45, 2.75) is 50.6 Å². The number of ether oxygens (including phenoxy) is 3. The molecule has 2 atom stereocenters. The number of methoxy groups -OCH3 is 2. The summed E-state index contributed by atoms with van der Waals surface area (Å²) >= 11 is 0. The first kappa shape index (κ1) is 24.6. The minimum Gasteiger partial charge on any atom is -0.504 e. The molecule has 3 aromatic carbocycles. The summed E-state index contributed by atoms with van der Waals surface area (Å²) in [5.74, 6) is 2.58. The first-order valence-corrected chi connectivity index (χ1v) is 13.4. The average molecular weight is 515 g/mol. The van der Waals surface area contributed by atoms with E-state index in [4.69, 9.17) is 14.2 Å². The van der Waals surface area contributed by atoms with Crippen LogP contribution >= 0.6 is 0 Å². The summed E-state index contributed by atoms with van der Waals surface area (Å²) in [6.45, 7) is 2.29. The molecular weight excluding hydrogens is 480 g/mol. The Morgan fingerprint density at radius 3 is 2.55 bits per heavy atom. The Labute approximate surface area is 223 Å². The lowest BCUT2D eigenvalue weighted by atomic mass is 9.93. The molecule has 1 saturated heterocycles. The number of hydrogen-bond donors (Lipinski definition) is 2. The van der Waals surface area contributed by atoms with Gasteiger partial charge in [0.05, 0.1) is 14.2 Å². The number of likely N-dealkylation sites (tertiary alicyclic amines) is 1. The molecule has 2 heterocycles. The molecule has 1 fully saturated rings. The lowest BCUT2D eigenvalue weighted by Crippen LogP contribution is -2.39. The predicted octanol–water partition coefficient (Wildman–Crippen LogP) is 4.72. The molecular formula is C31H34N2O5. The van der Waals surface area contributed by atoms with Crippen LogP contribution in [-0.4, -0.2) is 49.3 Å². The number of amides is 1. The van der Waals surface area contributed by atoms with E-state index in [0.717, 1.165) is 49.4 Å². The summed E-state index contributed by atoms with van der Waals surface area (Å²) in [5, 5.41) is 13.8. The normalized spacial score (nSPS) is 20.7. The number of nitrogens with zero attached hydrogens (tertiary/aromatic N) is 1. The fourth-order valence-corrected chi connectivity index (χ4v) is 6.16. The van der Waals surface area contributed by atoms with E-state index in [1.54, 1.807) is 26.4 Å². The second-order valence-corrected chi connectivity index (χ2v) is 10.6. The van der Waals surface area contributed by atoms with Gasteiger partial charge >= 0.3 is 0 Å². The van der Waals surface area contributed by atoms with Gasteiger partial charge in [0.25, 0.3) is 0 Å². The maximum atomic E-state index is 13.1. The average Bonchev–Trinajstić information content (AvgIpc) is 3.54. The maximum Gasteiger partial charge on any atom is 0.220 e. The molecule has 6 rings (SSSR count). The van der Waals surface area contributed by atoms with Gasteiger partial charge in [-0.1, -0.05) is 18.2 Å². The van der Waals surface area contributed by atoms with Gasteiger partial charge in [-0.3, -0.25) is 9.69 Å². The summed E-state index contributed by atoms with van der Waals surface area (Å²) < 4.78 is 17.5. The van der Waals surface area contributed by atoms with Gasteiger partial charge in [0.15, 0.2) is 23.0 Å². The number of carbonyl (C=O) groups is 1. The number of hydrogen-bond acceptors (Lipinski definition) is 6. The molecule has 0 aromatic heterocycles. The third kappa shape index (κ3) is 4.78. The number of phenolic OH excluding ortho intramolecular Hbond substituents is 1. The molecule has 2 N–H and O–H groups in total. The van der Waals surface area contributed by atoms with Gasteiger partial charge in [0, 0.05) is 43.6 Å². The van der Waals surface area contributed by atoms with E-state index >= 15 is 0 Å². The Kier molecular flexibility index (Phi) is 6.62. The molecule has 3 aromatic rings. The van der Waals surface area contributed by atoms with E-state index < -0.39 is 0 Å². The summed E-state index contributed by atoms with van der Waals surface area (Å²) in [4.78, 5) is 15.5. The number of rotatable bonds is 4. The molecule has 1 amide bonds. The highest BCUT2D eigenvalue weighted by Gasteiger charge is 2.36. The van der Waals surface area contributed by atoms with Crippen LogP contribution in [0.5, 0.6) is 28.7 Å². The van der Waals surface area contributed by atoms with E-state index in [9.17, 15) is 9.90 Å². The van der Waals surface area contributed by atoms with Crippen molar-refractivity contribution in [2.24, 2.45) is 0 Å². The van der Waals surface area contributed by atoms with Crippen LogP contribution in [-0.2, 0) is 30.6 Å². The van der Waals surface area contributed by atoms with Crippen LogP contribution in [0, 0.1) is 0 Å². The van der Waals surface area contributed by atoms with E-state index in [2.05, 4.69) is 22.3 Å². The van der Waals surface area contributed by atoms with Crippen molar-refractivity contribution >= 4 is 5.91 Å². The molecule has 0 saturated carbocycles. The molecule has 3 aliphatic rings. The summed E-state index contributed by atoms with van der Waals surface area (Å²) in [6, 6.07) is 15.6. The maximum absolute atomic E-state index is 13.1. The summed E-state index contributed by atoms with van der Waals surface area (Å²) in [6.07, 6.45) is 4.37. The summed E-state index contributed by atoms with van der Waals surface area (Å²) in [7, 11) is 3.35.